The van der Waals surface area contributed by atoms with Crippen LogP contribution in [0.5, 0.6) is 0 Å². The molecule has 0 saturated carbocycles. The zero-order valence-electron chi connectivity index (χ0n) is 10.2. The van der Waals surface area contributed by atoms with Crippen molar-refractivity contribution in [2.45, 2.75) is 20.3 Å². The van der Waals surface area contributed by atoms with E-state index in [4.69, 9.17) is 9.26 Å². The molecule has 0 fully saturated rings. The highest BCUT2D eigenvalue weighted by molar-refractivity contribution is 5.71. The Morgan fingerprint density at radius 3 is 3.06 bits per heavy atom. The largest absolute Gasteiger partial charge is 0.466 e. The summed E-state index contributed by atoms with van der Waals surface area (Å²) in [4.78, 5) is 19.4. The van der Waals surface area contributed by atoms with E-state index in [9.17, 15) is 4.79 Å². The van der Waals surface area contributed by atoms with E-state index in [1.807, 2.05) is 13.0 Å². The Morgan fingerprint density at radius 1 is 1.50 bits per heavy atom. The third-order valence-corrected chi connectivity index (χ3v) is 2.35. The van der Waals surface area contributed by atoms with E-state index in [1.54, 1.807) is 19.3 Å². The number of pyridine rings is 1. The first kappa shape index (κ1) is 12.2. The van der Waals surface area contributed by atoms with Gasteiger partial charge in [-0.1, -0.05) is 5.16 Å². The summed E-state index contributed by atoms with van der Waals surface area (Å²) >= 11 is 0. The number of hydrogen-bond donors (Lipinski definition) is 0. The van der Waals surface area contributed by atoms with Crippen molar-refractivity contribution in [1.29, 1.82) is 0 Å². The van der Waals surface area contributed by atoms with Crippen LogP contribution < -0.4 is 0 Å². The van der Waals surface area contributed by atoms with E-state index in [0.29, 0.717) is 12.4 Å². The van der Waals surface area contributed by atoms with Gasteiger partial charge in [0, 0.05) is 18.0 Å². The van der Waals surface area contributed by atoms with Gasteiger partial charge in [0.2, 0.25) is 11.7 Å². The molecule has 2 aromatic rings. The lowest BCUT2D eigenvalue weighted by Crippen LogP contribution is -2.07. The van der Waals surface area contributed by atoms with Gasteiger partial charge >= 0.3 is 5.97 Å². The van der Waals surface area contributed by atoms with E-state index in [1.165, 1.54) is 0 Å². The first-order valence-corrected chi connectivity index (χ1v) is 5.60. The van der Waals surface area contributed by atoms with Crippen molar-refractivity contribution in [2.75, 3.05) is 6.61 Å². The minimum absolute atomic E-state index is 0.0137. The average Bonchev–Trinajstić information content (AvgIpc) is 2.78. The average molecular weight is 247 g/mol. The molecule has 2 aromatic heterocycles. The van der Waals surface area contributed by atoms with E-state index in [0.717, 1.165) is 11.1 Å². The maximum Gasteiger partial charge on any atom is 0.315 e. The third-order valence-electron chi connectivity index (χ3n) is 2.35. The molecule has 0 aliphatic carbocycles. The summed E-state index contributed by atoms with van der Waals surface area (Å²) in [5.41, 5.74) is 1.78. The summed E-state index contributed by atoms with van der Waals surface area (Å²) in [5, 5.41) is 3.83. The number of rotatable bonds is 4. The number of hydrogen-bond acceptors (Lipinski definition) is 6. The van der Waals surface area contributed by atoms with E-state index >= 15 is 0 Å². The molecule has 6 heteroatoms. The van der Waals surface area contributed by atoms with Crippen molar-refractivity contribution in [3.8, 4) is 11.4 Å². The molecule has 0 unspecified atom stereocenters. The van der Waals surface area contributed by atoms with Gasteiger partial charge in [0.15, 0.2) is 0 Å². The zero-order valence-corrected chi connectivity index (χ0v) is 10.2. The Balaban J connectivity index is 2.16. The first-order valence-electron chi connectivity index (χ1n) is 5.60. The Bertz CT molecular complexity index is 551. The molecule has 0 bridgehead atoms. The lowest BCUT2D eigenvalue weighted by molar-refractivity contribution is -0.142. The second-order valence-corrected chi connectivity index (χ2v) is 3.68. The van der Waals surface area contributed by atoms with Crippen molar-refractivity contribution in [2.24, 2.45) is 0 Å². The van der Waals surface area contributed by atoms with Gasteiger partial charge in [-0.3, -0.25) is 9.78 Å². The zero-order chi connectivity index (χ0) is 13.0. The van der Waals surface area contributed by atoms with Crippen molar-refractivity contribution >= 4 is 5.97 Å². The molecule has 0 N–H and O–H groups in total. The van der Waals surface area contributed by atoms with Gasteiger partial charge in [-0.2, -0.15) is 4.98 Å². The summed E-state index contributed by atoms with van der Waals surface area (Å²) in [6.07, 6.45) is 3.34. The van der Waals surface area contributed by atoms with Crippen LogP contribution in [0.3, 0.4) is 0 Å². The molecule has 0 radical (unpaired) electrons. The minimum Gasteiger partial charge on any atom is -0.466 e. The lowest BCUT2D eigenvalue weighted by Gasteiger charge is -1.97. The second kappa shape index (κ2) is 5.39. The summed E-state index contributed by atoms with van der Waals surface area (Å²) in [6.45, 7) is 4.01. The van der Waals surface area contributed by atoms with Crippen LogP contribution in [0, 0.1) is 6.92 Å². The number of aromatic nitrogens is 3. The lowest BCUT2D eigenvalue weighted by atomic mass is 10.1. The summed E-state index contributed by atoms with van der Waals surface area (Å²) in [5.74, 6) is 0.294. The van der Waals surface area contributed by atoms with Crippen LogP contribution in [0.4, 0.5) is 0 Å². The van der Waals surface area contributed by atoms with Gasteiger partial charge in [-0.15, -0.1) is 0 Å². The van der Waals surface area contributed by atoms with E-state index in [-0.39, 0.29) is 18.3 Å². The van der Waals surface area contributed by atoms with Crippen LogP contribution in [-0.2, 0) is 16.0 Å². The summed E-state index contributed by atoms with van der Waals surface area (Å²) in [7, 11) is 0. The Labute approximate surface area is 104 Å². The van der Waals surface area contributed by atoms with Crippen LogP contribution in [0.25, 0.3) is 11.4 Å². The third kappa shape index (κ3) is 2.71. The SMILES string of the molecule is CCOC(=O)Cc1nc(-c2cnccc2C)no1. The minimum atomic E-state index is -0.379. The quantitative estimate of drug-likeness (QED) is 0.763. The maximum absolute atomic E-state index is 11.3. The highest BCUT2D eigenvalue weighted by atomic mass is 16.5. The molecular weight excluding hydrogens is 234 g/mol. The topological polar surface area (TPSA) is 78.1 Å². The molecule has 0 atom stereocenters. The molecule has 0 aromatic carbocycles. The van der Waals surface area contributed by atoms with Gasteiger partial charge in [-0.25, -0.2) is 0 Å². The standard InChI is InChI=1S/C12H13N3O3/c1-3-17-11(16)6-10-14-12(15-18-10)9-7-13-5-4-8(9)2/h4-5,7H,3,6H2,1-2H3. The van der Waals surface area contributed by atoms with Crippen LogP contribution in [0.15, 0.2) is 23.0 Å². The number of carbonyl (C=O) groups is 1. The molecule has 0 saturated heterocycles. The summed E-state index contributed by atoms with van der Waals surface area (Å²) < 4.78 is 9.81. The molecule has 2 rings (SSSR count). The fourth-order valence-corrected chi connectivity index (χ4v) is 1.47. The predicted octanol–water partition coefficient (Wildman–Crippen LogP) is 1.55. The normalized spacial score (nSPS) is 10.3. The Morgan fingerprint density at radius 2 is 2.33 bits per heavy atom. The fraction of sp³-hybridized carbons (Fsp3) is 0.333. The van der Waals surface area contributed by atoms with Gasteiger partial charge in [0.25, 0.3) is 0 Å². The van der Waals surface area contributed by atoms with Gasteiger partial charge < -0.3 is 9.26 Å². The number of ether oxygens (including phenoxy) is 1. The number of esters is 1. The van der Waals surface area contributed by atoms with Gasteiger partial charge in [-0.05, 0) is 25.5 Å². The maximum atomic E-state index is 11.3. The van der Waals surface area contributed by atoms with Gasteiger partial charge in [0.1, 0.15) is 6.42 Å². The molecular formula is C12H13N3O3. The number of nitrogens with zero attached hydrogens (tertiary/aromatic N) is 3. The monoisotopic (exact) mass is 247 g/mol. The smallest absolute Gasteiger partial charge is 0.315 e. The van der Waals surface area contributed by atoms with E-state index in [2.05, 4.69) is 15.1 Å². The van der Waals surface area contributed by atoms with Crippen LogP contribution in [0.1, 0.15) is 18.4 Å². The molecule has 18 heavy (non-hydrogen) atoms. The highest BCUT2D eigenvalue weighted by Gasteiger charge is 2.14. The molecule has 6 nitrogen and oxygen atoms in total. The second-order valence-electron chi connectivity index (χ2n) is 3.68. The summed E-state index contributed by atoms with van der Waals surface area (Å²) in [6, 6.07) is 1.86. The van der Waals surface area contributed by atoms with Crippen molar-refractivity contribution < 1.29 is 14.1 Å². The molecule has 0 aliphatic rings. The van der Waals surface area contributed by atoms with Crippen molar-refractivity contribution in [3.05, 3.63) is 29.9 Å². The number of aryl methyl sites for hydroxylation is 1. The number of carbonyl (C=O) groups excluding carboxylic acids is 1. The molecule has 94 valence electrons. The van der Waals surface area contributed by atoms with Gasteiger partial charge in [0.05, 0.1) is 6.61 Å². The predicted molar refractivity (Wildman–Crippen MR) is 62.6 cm³/mol. The molecule has 2 heterocycles. The fourth-order valence-electron chi connectivity index (χ4n) is 1.47. The van der Waals surface area contributed by atoms with Crippen LogP contribution in [-0.4, -0.2) is 27.7 Å². The van der Waals surface area contributed by atoms with Crippen LogP contribution in [0.2, 0.25) is 0 Å². The molecule has 0 amide bonds. The highest BCUT2D eigenvalue weighted by Crippen LogP contribution is 2.18. The Kier molecular flexibility index (Phi) is 3.66. The van der Waals surface area contributed by atoms with Crippen molar-refractivity contribution in [3.63, 3.8) is 0 Å². The molecule has 0 aliphatic heterocycles. The first-order chi connectivity index (χ1) is 8.70. The molecule has 0 spiro atoms. The van der Waals surface area contributed by atoms with E-state index < -0.39 is 0 Å². The Hall–Kier alpha value is -2.24. The van der Waals surface area contributed by atoms with Crippen molar-refractivity contribution in [1.82, 2.24) is 15.1 Å². The van der Waals surface area contributed by atoms with Crippen LogP contribution >= 0.6 is 0 Å².